The molecule has 0 spiro atoms. The number of carbonyl (C=O) groups excluding carboxylic acids is 1. The number of aryl methyl sites for hydroxylation is 2. The van der Waals surface area contributed by atoms with Crippen LogP contribution in [0, 0.1) is 19.8 Å². The highest BCUT2D eigenvalue weighted by atomic mass is 16.1. The number of carbonyl (C=O) groups is 1. The van der Waals surface area contributed by atoms with Gasteiger partial charge in [0.15, 0.2) is 0 Å². The number of nitrogens with one attached hydrogen (secondary N) is 1. The molecule has 1 fully saturated rings. The molecule has 5 heteroatoms. The van der Waals surface area contributed by atoms with E-state index in [2.05, 4.69) is 53.4 Å². The number of likely N-dealkylation sites (tertiary alicyclic amines) is 1. The average molecular weight is 369 g/mol. The van der Waals surface area contributed by atoms with Gasteiger partial charge in [-0.15, -0.1) is 0 Å². The molecule has 146 valence electrons. The summed E-state index contributed by atoms with van der Waals surface area (Å²) in [5, 5.41) is 7.46. The number of amides is 1. The summed E-state index contributed by atoms with van der Waals surface area (Å²) in [6, 6.07) is 8.93. The second-order valence-electron chi connectivity index (χ2n) is 7.81. The number of rotatable bonds is 6. The molecule has 3 rings (SSSR count). The molecule has 27 heavy (non-hydrogen) atoms. The molecule has 2 aromatic rings. The van der Waals surface area contributed by atoms with E-state index in [1.54, 1.807) is 6.20 Å². The maximum atomic E-state index is 12.7. The first-order valence-corrected chi connectivity index (χ1v) is 10.1. The predicted molar refractivity (Wildman–Crippen MR) is 109 cm³/mol. The minimum atomic E-state index is -0.0327. The fourth-order valence-corrected chi connectivity index (χ4v) is 3.86. The van der Waals surface area contributed by atoms with Gasteiger partial charge in [0, 0.05) is 18.8 Å². The lowest BCUT2D eigenvalue weighted by Crippen LogP contribution is -2.42. The summed E-state index contributed by atoms with van der Waals surface area (Å²) in [5.74, 6) is 0.756. The third kappa shape index (κ3) is 4.59. The molecule has 1 aromatic carbocycles. The normalized spacial score (nSPS) is 17.0. The Kier molecular flexibility index (Phi) is 6.32. The standard InChI is InChI=1S/C22H32N4O/c1-5-26-18(4)20(14-24-26)22(27)23-15-21(19-8-6-16(2)7-9-19)25-12-10-17(3)11-13-25/h6-9,14,17,21H,5,10-13,15H2,1-4H3,(H,23,27)/t21-/m0/s1. The van der Waals surface area contributed by atoms with Crippen molar-refractivity contribution < 1.29 is 4.79 Å². The molecule has 0 unspecified atom stereocenters. The molecule has 1 aromatic heterocycles. The highest BCUT2D eigenvalue weighted by Crippen LogP contribution is 2.26. The van der Waals surface area contributed by atoms with Gasteiger partial charge in [0.05, 0.1) is 17.8 Å². The Morgan fingerprint density at radius 3 is 2.48 bits per heavy atom. The minimum Gasteiger partial charge on any atom is -0.350 e. The van der Waals surface area contributed by atoms with Gasteiger partial charge in [-0.3, -0.25) is 14.4 Å². The van der Waals surface area contributed by atoms with Crippen molar-refractivity contribution in [1.82, 2.24) is 20.0 Å². The van der Waals surface area contributed by atoms with Crippen LogP contribution in [0.3, 0.4) is 0 Å². The molecule has 0 radical (unpaired) electrons. The number of piperidine rings is 1. The van der Waals surface area contributed by atoms with Crippen LogP contribution < -0.4 is 5.32 Å². The van der Waals surface area contributed by atoms with Crippen LogP contribution in [0.15, 0.2) is 30.5 Å². The van der Waals surface area contributed by atoms with Gasteiger partial charge in [0.25, 0.3) is 5.91 Å². The lowest BCUT2D eigenvalue weighted by atomic mass is 9.95. The number of hydrogen-bond acceptors (Lipinski definition) is 3. The first-order valence-electron chi connectivity index (χ1n) is 10.1. The summed E-state index contributed by atoms with van der Waals surface area (Å²) in [6.07, 6.45) is 4.12. The van der Waals surface area contributed by atoms with Gasteiger partial charge < -0.3 is 5.32 Å². The van der Waals surface area contributed by atoms with Gasteiger partial charge in [-0.1, -0.05) is 36.8 Å². The molecular formula is C22H32N4O. The van der Waals surface area contributed by atoms with E-state index >= 15 is 0 Å². The zero-order chi connectivity index (χ0) is 19.4. The van der Waals surface area contributed by atoms with Crippen LogP contribution in [-0.4, -0.2) is 40.2 Å². The third-order valence-electron chi connectivity index (χ3n) is 5.82. The maximum Gasteiger partial charge on any atom is 0.254 e. The number of hydrogen-bond donors (Lipinski definition) is 1. The molecule has 0 saturated carbocycles. The van der Waals surface area contributed by atoms with Crippen molar-refractivity contribution in [3.05, 3.63) is 52.8 Å². The Hall–Kier alpha value is -2.14. The molecule has 2 heterocycles. The van der Waals surface area contributed by atoms with Gasteiger partial charge >= 0.3 is 0 Å². The molecule has 1 saturated heterocycles. The molecular weight excluding hydrogens is 336 g/mol. The van der Waals surface area contributed by atoms with E-state index in [4.69, 9.17) is 0 Å². The summed E-state index contributed by atoms with van der Waals surface area (Å²) in [7, 11) is 0. The van der Waals surface area contributed by atoms with Crippen LogP contribution >= 0.6 is 0 Å². The quantitative estimate of drug-likeness (QED) is 0.845. The minimum absolute atomic E-state index is 0.0327. The summed E-state index contributed by atoms with van der Waals surface area (Å²) in [4.78, 5) is 15.3. The van der Waals surface area contributed by atoms with E-state index in [1.807, 2.05) is 18.5 Å². The largest absolute Gasteiger partial charge is 0.350 e. The summed E-state index contributed by atoms with van der Waals surface area (Å²) < 4.78 is 1.86. The Bertz CT molecular complexity index is 757. The van der Waals surface area contributed by atoms with Crippen molar-refractivity contribution in [2.75, 3.05) is 19.6 Å². The Labute approximate surface area is 162 Å². The van der Waals surface area contributed by atoms with Crippen LogP contribution in [0.2, 0.25) is 0 Å². The second-order valence-corrected chi connectivity index (χ2v) is 7.81. The zero-order valence-corrected chi connectivity index (χ0v) is 17.0. The third-order valence-corrected chi connectivity index (χ3v) is 5.82. The number of benzene rings is 1. The van der Waals surface area contributed by atoms with E-state index in [0.29, 0.717) is 12.1 Å². The molecule has 0 aliphatic carbocycles. The fraction of sp³-hybridized carbons (Fsp3) is 0.545. The Balaban J connectivity index is 1.73. The molecule has 0 bridgehead atoms. The molecule has 1 atom stereocenters. The van der Waals surface area contributed by atoms with E-state index in [0.717, 1.165) is 31.2 Å². The zero-order valence-electron chi connectivity index (χ0n) is 17.0. The fourth-order valence-electron chi connectivity index (χ4n) is 3.86. The van der Waals surface area contributed by atoms with Crippen molar-refractivity contribution in [3.63, 3.8) is 0 Å². The van der Waals surface area contributed by atoms with E-state index in [9.17, 15) is 4.79 Å². The summed E-state index contributed by atoms with van der Waals surface area (Å²) >= 11 is 0. The van der Waals surface area contributed by atoms with E-state index < -0.39 is 0 Å². The smallest absolute Gasteiger partial charge is 0.254 e. The van der Waals surface area contributed by atoms with Crippen LogP contribution in [-0.2, 0) is 6.54 Å². The highest BCUT2D eigenvalue weighted by molar-refractivity contribution is 5.95. The first kappa shape index (κ1) is 19.6. The van der Waals surface area contributed by atoms with Crippen molar-refractivity contribution in [1.29, 1.82) is 0 Å². The van der Waals surface area contributed by atoms with Crippen LogP contribution in [0.4, 0.5) is 0 Å². The summed E-state index contributed by atoms with van der Waals surface area (Å²) in [6.45, 7) is 12.0. The molecule has 1 aliphatic heterocycles. The maximum absolute atomic E-state index is 12.7. The van der Waals surface area contributed by atoms with E-state index in [1.165, 1.54) is 24.0 Å². The van der Waals surface area contributed by atoms with E-state index in [-0.39, 0.29) is 11.9 Å². The van der Waals surface area contributed by atoms with Gasteiger partial charge in [-0.25, -0.2) is 0 Å². The van der Waals surface area contributed by atoms with Crippen molar-refractivity contribution in [2.24, 2.45) is 5.92 Å². The number of nitrogens with zero attached hydrogens (tertiary/aromatic N) is 3. The van der Waals surface area contributed by atoms with Gasteiger partial charge in [-0.05, 0) is 58.2 Å². The summed E-state index contributed by atoms with van der Waals surface area (Å²) in [5.41, 5.74) is 4.13. The lowest BCUT2D eigenvalue weighted by molar-refractivity contribution is 0.0912. The first-order chi connectivity index (χ1) is 13.0. The predicted octanol–water partition coefficient (Wildman–Crippen LogP) is 3.72. The van der Waals surface area contributed by atoms with Crippen molar-refractivity contribution in [2.45, 2.75) is 53.1 Å². The molecule has 1 aliphatic rings. The van der Waals surface area contributed by atoms with Crippen LogP contribution in [0.5, 0.6) is 0 Å². The monoisotopic (exact) mass is 368 g/mol. The average Bonchev–Trinajstić information content (AvgIpc) is 3.05. The van der Waals surface area contributed by atoms with Gasteiger partial charge in [0.2, 0.25) is 0 Å². The van der Waals surface area contributed by atoms with Crippen molar-refractivity contribution in [3.8, 4) is 0 Å². The highest BCUT2D eigenvalue weighted by Gasteiger charge is 2.25. The van der Waals surface area contributed by atoms with Crippen LogP contribution in [0.1, 0.15) is 59.9 Å². The molecule has 1 N–H and O–H groups in total. The number of aromatic nitrogens is 2. The second kappa shape index (κ2) is 8.70. The molecule has 1 amide bonds. The molecule has 5 nitrogen and oxygen atoms in total. The Morgan fingerprint density at radius 1 is 1.22 bits per heavy atom. The SMILES string of the molecule is CCn1ncc(C(=O)NC[C@@H](c2ccc(C)cc2)N2CCC(C)CC2)c1C. The van der Waals surface area contributed by atoms with Crippen LogP contribution in [0.25, 0.3) is 0 Å². The lowest BCUT2D eigenvalue weighted by Gasteiger charge is -2.37. The van der Waals surface area contributed by atoms with Crippen molar-refractivity contribution >= 4 is 5.91 Å². The Morgan fingerprint density at radius 2 is 1.89 bits per heavy atom. The van der Waals surface area contributed by atoms with Gasteiger partial charge in [-0.2, -0.15) is 5.10 Å². The van der Waals surface area contributed by atoms with Gasteiger partial charge in [0.1, 0.15) is 0 Å². The topological polar surface area (TPSA) is 50.2 Å².